The van der Waals surface area contributed by atoms with Crippen molar-refractivity contribution in [1.29, 1.82) is 0 Å². The summed E-state index contributed by atoms with van der Waals surface area (Å²) < 4.78 is 0. The monoisotopic (exact) mass is 145 g/mol. The number of hydrogen-bond donors (Lipinski definition) is 2. The first kappa shape index (κ1) is 9.92. The van der Waals surface area contributed by atoms with Crippen LogP contribution in [-0.2, 0) is 0 Å². The molecule has 0 aliphatic carbocycles. The van der Waals surface area contributed by atoms with E-state index in [0.717, 1.165) is 12.8 Å². The van der Waals surface area contributed by atoms with Gasteiger partial charge in [-0.15, -0.1) is 0 Å². The van der Waals surface area contributed by atoms with Crippen LogP contribution in [0.3, 0.4) is 0 Å². The van der Waals surface area contributed by atoms with Gasteiger partial charge < -0.3 is 10.8 Å². The third-order valence-corrected chi connectivity index (χ3v) is 1.71. The van der Waals surface area contributed by atoms with Crippen molar-refractivity contribution in [1.82, 2.24) is 0 Å². The normalized spacial score (nSPS) is 16.8. The lowest BCUT2D eigenvalue weighted by molar-refractivity contribution is 0.138. The molecule has 62 valence electrons. The Morgan fingerprint density at radius 2 is 2.00 bits per heavy atom. The van der Waals surface area contributed by atoms with Gasteiger partial charge in [-0.05, 0) is 13.3 Å². The standard InChI is InChI=1S/C8H19NO/c1-3-4-5-6-8(10)7(2)9/h7-8,10H,3-6,9H2,1-2H3/t7-,8-/m0/s1. The van der Waals surface area contributed by atoms with E-state index in [-0.39, 0.29) is 12.1 Å². The molecule has 0 saturated heterocycles. The Kier molecular flexibility index (Phi) is 5.64. The van der Waals surface area contributed by atoms with Crippen LogP contribution in [0.25, 0.3) is 0 Å². The fraction of sp³-hybridized carbons (Fsp3) is 1.00. The van der Waals surface area contributed by atoms with Crippen LogP contribution in [0.1, 0.15) is 39.5 Å². The predicted molar refractivity (Wildman–Crippen MR) is 43.8 cm³/mol. The van der Waals surface area contributed by atoms with E-state index in [0.29, 0.717) is 0 Å². The summed E-state index contributed by atoms with van der Waals surface area (Å²) in [5, 5.41) is 9.23. The molecule has 0 unspecified atom stereocenters. The molecule has 0 aliphatic rings. The van der Waals surface area contributed by atoms with Gasteiger partial charge in [0.15, 0.2) is 0 Å². The van der Waals surface area contributed by atoms with Gasteiger partial charge in [-0.1, -0.05) is 26.2 Å². The number of unbranched alkanes of at least 4 members (excludes halogenated alkanes) is 2. The van der Waals surface area contributed by atoms with E-state index in [9.17, 15) is 5.11 Å². The summed E-state index contributed by atoms with van der Waals surface area (Å²) in [5.41, 5.74) is 5.47. The highest BCUT2D eigenvalue weighted by molar-refractivity contribution is 4.65. The van der Waals surface area contributed by atoms with Crippen molar-refractivity contribution in [2.75, 3.05) is 0 Å². The Labute approximate surface area is 63.4 Å². The van der Waals surface area contributed by atoms with E-state index in [2.05, 4.69) is 6.92 Å². The van der Waals surface area contributed by atoms with Crippen molar-refractivity contribution in [2.24, 2.45) is 5.73 Å². The van der Waals surface area contributed by atoms with Crippen molar-refractivity contribution in [2.45, 2.75) is 51.7 Å². The molecule has 2 nitrogen and oxygen atoms in total. The van der Waals surface area contributed by atoms with Gasteiger partial charge in [0.05, 0.1) is 6.10 Å². The molecular formula is C8H19NO. The molecule has 0 fully saturated rings. The average Bonchev–Trinajstić information content (AvgIpc) is 1.88. The van der Waals surface area contributed by atoms with Gasteiger partial charge >= 0.3 is 0 Å². The van der Waals surface area contributed by atoms with Gasteiger partial charge in [0.2, 0.25) is 0 Å². The molecule has 3 N–H and O–H groups in total. The van der Waals surface area contributed by atoms with Gasteiger partial charge in [-0.3, -0.25) is 0 Å². The zero-order valence-electron chi connectivity index (χ0n) is 7.01. The first-order chi connectivity index (χ1) is 4.68. The maximum absolute atomic E-state index is 9.23. The lowest BCUT2D eigenvalue weighted by Crippen LogP contribution is -2.31. The summed E-state index contributed by atoms with van der Waals surface area (Å²) in [4.78, 5) is 0. The number of rotatable bonds is 5. The molecule has 0 aromatic heterocycles. The lowest BCUT2D eigenvalue weighted by atomic mass is 10.1. The second kappa shape index (κ2) is 5.69. The first-order valence-electron chi connectivity index (χ1n) is 4.12. The fourth-order valence-electron chi connectivity index (χ4n) is 0.866. The zero-order chi connectivity index (χ0) is 7.98. The van der Waals surface area contributed by atoms with E-state index < -0.39 is 0 Å². The lowest BCUT2D eigenvalue weighted by Gasteiger charge is -2.13. The molecular weight excluding hydrogens is 126 g/mol. The van der Waals surface area contributed by atoms with Gasteiger partial charge in [-0.25, -0.2) is 0 Å². The van der Waals surface area contributed by atoms with Crippen LogP contribution in [0.4, 0.5) is 0 Å². The molecule has 0 heterocycles. The SMILES string of the molecule is CCCCC[C@H](O)[C@H](C)N. The molecule has 0 aromatic rings. The smallest absolute Gasteiger partial charge is 0.0688 e. The van der Waals surface area contributed by atoms with E-state index in [4.69, 9.17) is 5.73 Å². The maximum Gasteiger partial charge on any atom is 0.0688 e. The highest BCUT2D eigenvalue weighted by Gasteiger charge is 2.07. The number of hydrogen-bond acceptors (Lipinski definition) is 2. The molecule has 0 bridgehead atoms. The largest absolute Gasteiger partial charge is 0.392 e. The fourth-order valence-corrected chi connectivity index (χ4v) is 0.866. The average molecular weight is 145 g/mol. The minimum atomic E-state index is -0.299. The summed E-state index contributed by atoms with van der Waals surface area (Å²) in [5.74, 6) is 0. The molecule has 2 heteroatoms. The summed E-state index contributed by atoms with van der Waals surface area (Å²) >= 11 is 0. The second-order valence-corrected chi connectivity index (χ2v) is 2.92. The highest BCUT2D eigenvalue weighted by Crippen LogP contribution is 2.04. The van der Waals surface area contributed by atoms with Crippen molar-refractivity contribution < 1.29 is 5.11 Å². The Morgan fingerprint density at radius 1 is 1.40 bits per heavy atom. The first-order valence-corrected chi connectivity index (χ1v) is 4.12. The summed E-state index contributed by atoms with van der Waals surface area (Å²) in [7, 11) is 0. The van der Waals surface area contributed by atoms with E-state index in [1.54, 1.807) is 0 Å². The van der Waals surface area contributed by atoms with Crippen LogP contribution in [0.2, 0.25) is 0 Å². The summed E-state index contributed by atoms with van der Waals surface area (Å²) in [6, 6.07) is -0.0724. The van der Waals surface area contributed by atoms with Crippen LogP contribution in [0.15, 0.2) is 0 Å². The van der Waals surface area contributed by atoms with Crippen LogP contribution in [0, 0.1) is 0 Å². The van der Waals surface area contributed by atoms with E-state index in [1.165, 1.54) is 12.8 Å². The molecule has 0 rings (SSSR count). The second-order valence-electron chi connectivity index (χ2n) is 2.92. The van der Waals surface area contributed by atoms with E-state index >= 15 is 0 Å². The molecule has 0 aliphatic heterocycles. The van der Waals surface area contributed by atoms with Crippen LogP contribution in [-0.4, -0.2) is 17.3 Å². The van der Waals surface area contributed by atoms with Gasteiger partial charge in [-0.2, -0.15) is 0 Å². The number of nitrogens with two attached hydrogens (primary N) is 1. The number of aliphatic hydroxyl groups is 1. The molecule has 10 heavy (non-hydrogen) atoms. The zero-order valence-corrected chi connectivity index (χ0v) is 7.01. The van der Waals surface area contributed by atoms with Crippen LogP contribution < -0.4 is 5.73 Å². The highest BCUT2D eigenvalue weighted by atomic mass is 16.3. The van der Waals surface area contributed by atoms with Crippen LogP contribution >= 0.6 is 0 Å². The Morgan fingerprint density at radius 3 is 2.40 bits per heavy atom. The van der Waals surface area contributed by atoms with Crippen molar-refractivity contribution in [3.63, 3.8) is 0 Å². The van der Waals surface area contributed by atoms with Gasteiger partial charge in [0.25, 0.3) is 0 Å². The molecule has 0 saturated carbocycles. The third-order valence-electron chi connectivity index (χ3n) is 1.71. The molecule has 0 spiro atoms. The molecule has 2 atom stereocenters. The van der Waals surface area contributed by atoms with Crippen molar-refractivity contribution in [3.8, 4) is 0 Å². The maximum atomic E-state index is 9.23. The minimum Gasteiger partial charge on any atom is -0.392 e. The van der Waals surface area contributed by atoms with Gasteiger partial charge in [0, 0.05) is 6.04 Å². The molecule has 0 amide bonds. The van der Waals surface area contributed by atoms with Crippen molar-refractivity contribution >= 4 is 0 Å². The minimum absolute atomic E-state index is 0.0724. The Hall–Kier alpha value is -0.0800. The van der Waals surface area contributed by atoms with Gasteiger partial charge in [0.1, 0.15) is 0 Å². The quantitative estimate of drug-likeness (QED) is 0.572. The summed E-state index contributed by atoms with van der Waals surface area (Å²) in [6.45, 7) is 3.99. The predicted octanol–water partition coefficient (Wildman–Crippen LogP) is 1.27. The Balaban J connectivity index is 3.13. The number of aliphatic hydroxyl groups excluding tert-OH is 1. The van der Waals surface area contributed by atoms with E-state index in [1.807, 2.05) is 6.92 Å². The third kappa shape index (κ3) is 4.77. The van der Waals surface area contributed by atoms with Crippen molar-refractivity contribution in [3.05, 3.63) is 0 Å². The molecule has 0 radical (unpaired) electrons. The Bertz CT molecular complexity index is 73.7. The topological polar surface area (TPSA) is 46.2 Å². The molecule has 0 aromatic carbocycles. The summed E-state index contributed by atoms with van der Waals surface area (Å²) in [6.07, 6.45) is 4.05. The van der Waals surface area contributed by atoms with Crippen LogP contribution in [0.5, 0.6) is 0 Å².